The smallest absolute Gasteiger partial charge is 0.252 e. The zero-order valence-electron chi connectivity index (χ0n) is 14.2. The third-order valence-electron chi connectivity index (χ3n) is 4.37. The van der Waals surface area contributed by atoms with Crippen molar-refractivity contribution in [2.24, 2.45) is 0 Å². The van der Waals surface area contributed by atoms with Gasteiger partial charge in [0.1, 0.15) is 5.37 Å². The summed E-state index contributed by atoms with van der Waals surface area (Å²) in [6.07, 6.45) is 1.97. The summed E-state index contributed by atoms with van der Waals surface area (Å²) in [6, 6.07) is 16.0. The molecule has 0 saturated carbocycles. The van der Waals surface area contributed by atoms with E-state index >= 15 is 0 Å². The molecular formula is C19H18N4OS2. The summed E-state index contributed by atoms with van der Waals surface area (Å²) < 4.78 is 0. The number of H-pyrrole nitrogens is 1. The molecule has 1 fully saturated rings. The van der Waals surface area contributed by atoms with Gasteiger partial charge in [0.05, 0.1) is 5.75 Å². The summed E-state index contributed by atoms with van der Waals surface area (Å²) in [5.41, 5.74) is 7.22. The van der Waals surface area contributed by atoms with Crippen molar-refractivity contribution in [2.75, 3.05) is 11.1 Å². The molecule has 5 nitrogen and oxygen atoms in total. The number of aromatic amines is 1. The molecule has 7 heteroatoms. The molecule has 1 aliphatic heterocycles. The predicted octanol–water partition coefficient (Wildman–Crippen LogP) is 3.95. The maximum Gasteiger partial charge on any atom is 0.252 e. The van der Waals surface area contributed by atoms with Gasteiger partial charge in [0.2, 0.25) is 0 Å². The van der Waals surface area contributed by atoms with E-state index in [4.69, 9.17) is 12.2 Å². The number of aryl methyl sites for hydroxylation is 1. The Balaban J connectivity index is 1.55. The van der Waals surface area contributed by atoms with Gasteiger partial charge in [-0.25, -0.2) is 5.01 Å². The Morgan fingerprint density at radius 1 is 1.23 bits per heavy atom. The number of nitrogens with one attached hydrogen (secondary N) is 3. The molecule has 2 heterocycles. The minimum Gasteiger partial charge on any atom is -0.361 e. The number of amides is 1. The highest BCUT2D eigenvalue weighted by Crippen LogP contribution is 2.40. The number of carbonyl (C=O) groups excluding carboxylic acids is 1. The van der Waals surface area contributed by atoms with Crippen LogP contribution in [0.4, 0.5) is 5.69 Å². The summed E-state index contributed by atoms with van der Waals surface area (Å²) in [4.78, 5) is 15.7. The molecule has 0 spiro atoms. The second-order valence-corrected chi connectivity index (χ2v) is 7.57. The van der Waals surface area contributed by atoms with Crippen LogP contribution in [0.2, 0.25) is 0 Å². The Bertz CT molecular complexity index is 984. The molecular weight excluding hydrogens is 364 g/mol. The maximum absolute atomic E-state index is 12.4. The number of carbonyl (C=O) groups is 1. The number of hydrogen-bond donors (Lipinski definition) is 3. The number of thioether (sulfide) groups is 1. The number of hydrazine groups is 1. The quantitative estimate of drug-likeness (QED) is 0.599. The average molecular weight is 383 g/mol. The van der Waals surface area contributed by atoms with Gasteiger partial charge in [0.15, 0.2) is 5.11 Å². The normalized spacial score (nSPS) is 16.9. The molecule has 1 saturated heterocycles. The SMILES string of the molecule is Cc1ccccc1NC(=S)NN1C(=O)CS[C@@H]1c1c[nH]c2ccccc12. The molecule has 4 rings (SSSR count). The van der Waals surface area contributed by atoms with Gasteiger partial charge in [-0.15, -0.1) is 11.8 Å². The number of nitrogens with zero attached hydrogens (tertiary/aromatic N) is 1. The van der Waals surface area contributed by atoms with E-state index in [2.05, 4.69) is 21.8 Å². The summed E-state index contributed by atoms with van der Waals surface area (Å²) in [5, 5.41) is 6.18. The van der Waals surface area contributed by atoms with Crippen LogP contribution in [0.15, 0.2) is 54.7 Å². The molecule has 0 unspecified atom stereocenters. The highest BCUT2D eigenvalue weighted by Gasteiger charge is 2.35. The first-order valence-corrected chi connectivity index (χ1v) is 9.72. The topological polar surface area (TPSA) is 60.2 Å². The van der Waals surface area contributed by atoms with Crippen molar-refractivity contribution < 1.29 is 4.79 Å². The highest BCUT2D eigenvalue weighted by molar-refractivity contribution is 8.00. The van der Waals surface area contributed by atoms with Crippen molar-refractivity contribution >= 4 is 51.6 Å². The Labute approximate surface area is 161 Å². The van der Waals surface area contributed by atoms with Crippen molar-refractivity contribution in [2.45, 2.75) is 12.3 Å². The number of benzene rings is 2. The third-order valence-corrected chi connectivity index (χ3v) is 5.76. The maximum atomic E-state index is 12.4. The first kappa shape index (κ1) is 16.9. The zero-order chi connectivity index (χ0) is 18.1. The third kappa shape index (κ3) is 3.15. The van der Waals surface area contributed by atoms with Gasteiger partial charge in [-0.05, 0) is 36.8 Å². The van der Waals surface area contributed by atoms with E-state index in [9.17, 15) is 4.79 Å². The van der Waals surface area contributed by atoms with Gasteiger partial charge in [-0.3, -0.25) is 10.2 Å². The van der Waals surface area contributed by atoms with Crippen LogP contribution < -0.4 is 10.7 Å². The number of aromatic nitrogens is 1. The molecule has 1 aliphatic rings. The Morgan fingerprint density at radius 3 is 2.85 bits per heavy atom. The molecule has 2 aromatic carbocycles. The second kappa shape index (κ2) is 7.01. The fourth-order valence-electron chi connectivity index (χ4n) is 3.05. The van der Waals surface area contributed by atoms with Crippen molar-refractivity contribution in [3.63, 3.8) is 0 Å². The lowest BCUT2D eigenvalue weighted by molar-refractivity contribution is -0.129. The lowest BCUT2D eigenvalue weighted by Crippen LogP contribution is -2.46. The van der Waals surface area contributed by atoms with Gasteiger partial charge in [-0.2, -0.15) is 0 Å². The molecule has 132 valence electrons. The number of hydrogen-bond acceptors (Lipinski definition) is 3. The van der Waals surface area contributed by atoms with Crippen LogP contribution in [0.1, 0.15) is 16.5 Å². The van der Waals surface area contributed by atoms with E-state index in [-0.39, 0.29) is 11.3 Å². The zero-order valence-corrected chi connectivity index (χ0v) is 15.8. The fraction of sp³-hybridized carbons (Fsp3) is 0.158. The lowest BCUT2D eigenvalue weighted by atomic mass is 10.1. The van der Waals surface area contributed by atoms with Crippen molar-refractivity contribution in [3.05, 3.63) is 65.9 Å². The van der Waals surface area contributed by atoms with E-state index < -0.39 is 0 Å². The summed E-state index contributed by atoms with van der Waals surface area (Å²) in [6.45, 7) is 2.01. The van der Waals surface area contributed by atoms with Gasteiger partial charge in [0.25, 0.3) is 5.91 Å². The molecule has 26 heavy (non-hydrogen) atoms. The second-order valence-electron chi connectivity index (χ2n) is 6.10. The molecule has 1 atom stereocenters. The van der Waals surface area contributed by atoms with Crippen molar-refractivity contribution in [3.8, 4) is 0 Å². The summed E-state index contributed by atoms with van der Waals surface area (Å²) in [7, 11) is 0. The number of thiocarbonyl (C=S) groups is 1. The first-order chi connectivity index (χ1) is 12.6. The standard InChI is InChI=1S/C19H18N4OS2/c1-12-6-2-4-8-15(12)21-19(25)22-23-17(24)11-26-18(23)14-10-20-16-9-5-3-7-13(14)16/h2-10,18,20H,11H2,1H3,(H2,21,22,25)/t18-/m1/s1. The minimum absolute atomic E-state index is 0.0132. The molecule has 1 aromatic heterocycles. The molecule has 0 radical (unpaired) electrons. The number of fused-ring (bicyclic) bond motifs is 1. The van der Waals surface area contributed by atoms with Crippen molar-refractivity contribution in [1.29, 1.82) is 0 Å². The fourth-order valence-corrected chi connectivity index (χ4v) is 4.39. The van der Waals surface area contributed by atoms with Gasteiger partial charge in [-0.1, -0.05) is 36.4 Å². The number of para-hydroxylation sites is 2. The van der Waals surface area contributed by atoms with Gasteiger partial charge < -0.3 is 10.3 Å². The monoisotopic (exact) mass is 382 g/mol. The molecule has 0 aliphatic carbocycles. The van der Waals surface area contributed by atoms with E-state index in [1.165, 1.54) is 0 Å². The van der Waals surface area contributed by atoms with Crippen LogP contribution in [-0.2, 0) is 4.79 Å². The van der Waals surface area contributed by atoms with Gasteiger partial charge in [0, 0.05) is 28.4 Å². The molecule has 3 aromatic rings. The Hall–Kier alpha value is -2.51. The van der Waals surface area contributed by atoms with E-state index in [1.54, 1.807) is 16.8 Å². The van der Waals surface area contributed by atoms with E-state index in [1.807, 2.05) is 55.6 Å². The average Bonchev–Trinajstić information content (AvgIpc) is 3.21. The Kier molecular flexibility index (Phi) is 4.57. The molecule has 3 N–H and O–H groups in total. The van der Waals surface area contributed by atoms with E-state index in [0.717, 1.165) is 27.7 Å². The largest absolute Gasteiger partial charge is 0.361 e. The summed E-state index contributed by atoms with van der Waals surface area (Å²) >= 11 is 7.02. The van der Waals surface area contributed by atoms with E-state index in [0.29, 0.717) is 10.9 Å². The van der Waals surface area contributed by atoms with Crippen LogP contribution in [0.5, 0.6) is 0 Å². The van der Waals surface area contributed by atoms with Crippen LogP contribution in [0, 0.1) is 6.92 Å². The molecule has 0 bridgehead atoms. The van der Waals surface area contributed by atoms with Crippen LogP contribution in [0.3, 0.4) is 0 Å². The Morgan fingerprint density at radius 2 is 2.00 bits per heavy atom. The van der Waals surface area contributed by atoms with Gasteiger partial charge >= 0.3 is 0 Å². The summed E-state index contributed by atoms with van der Waals surface area (Å²) in [5.74, 6) is 0.434. The predicted molar refractivity (Wildman–Crippen MR) is 111 cm³/mol. The lowest BCUT2D eigenvalue weighted by Gasteiger charge is -2.26. The van der Waals surface area contributed by atoms with Crippen molar-refractivity contribution in [1.82, 2.24) is 15.4 Å². The first-order valence-electron chi connectivity index (χ1n) is 8.26. The number of anilines is 1. The van der Waals surface area contributed by atoms with Crippen LogP contribution >= 0.6 is 24.0 Å². The minimum atomic E-state index is -0.129. The van der Waals surface area contributed by atoms with Crippen LogP contribution in [0.25, 0.3) is 10.9 Å². The van der Waals surface area contributed by atoms with Crippen LogP contribution in [-0.4, -0.2) is 26.8 Å². The highest BCUT2D eigenvalue weighted by atomic mass is 32.2. The molecule has 1 amide bonds. The number of rotatable bonds is 3.